The molecular formula is C11H9ClN4O4S. The number of nitrogens with zero attached hydrogens (tertiary/aromatic N) is 2. The van der Waals surface area contributed by atoms with Gasteiger partial charge in [0.25, 0.3) is 10.0 Å². The van der Waals surface area contributed by atoms with Gasteiger partial charge in [0.05, 0.1) is 11.3 Å². The van der Waals surface area contributed by atoms with Gasteiger partial charge in [-0.3, -0.25) is 4.72 Å². The molecule has 8 nitrogen and oxygen atoms in total. The molecule has 1 aromatic carbocycles. The molecule has 4 N–H and O–H groups in total. The maximum atomic E-state index is 12.1. The molecular weight excluding hydrogens is 320 g/mol. The van der Waals surface area contributed by atoms with Gasteiger partial charge in [-0.25, -0.2) is 13.2 Å². The van der Waals surface area contributed by atoms with E-state index in [4.69, 9.17) is 22.4 Å². The van der Waals surface area contributed by atoms with E-state index < -0.39 is 16.0 Å². The smallest absolute Gasteiger partial charge is 0.335 e. The highest BCUT2D eigenvalue weighted by Gasteiger charge is 2.19. The topological polar surface area (TPSA) is 135 Å². The average molecular weight is 329 g/mol. The van der Waals surface area contributed by atoms with E-state index in [0.717, 1.165) is 18.2 Å². The molecule has 0 unspecified atom stereocenters. The summed E-state index contributed by atoms with van der Waals surface area (Å²) in [6, 6.07) is 5.99. The third-order valence-electron chi connectivity index (χ3n) is 2.42. The third kappa shape index (κ3) is 3.38. The Bertz CT molecular complexity index is 792. The summed E-state index contributed by atoms with van der Waals surface area (Å²) in [4.78, 5) is 10.5. The van der Waals surface area contributed by atoms with Crippen molar-refractivity contribution in [2.75, 3.05) is 10.5 Å². The predicted octanol–water partition coefficient (Wildman–Crippen LogP) is 1.21. The number of anilines is 2. The minimum atomic E-state index is -4.01. The fraction of sp³-hybridized carbons (Fsp3) is 0. The summed E-state index contributed by atoms with van der Waals surface area (Å²) in [6.45, 7) is 0. The van der Waals surface area contributed by atoms with E-state index in [-0.39, 0.29) is 27.1 Å². The number of hydrogen-bond donors (Lipinski definition) is 3. The number of carboxylic acid groups (broad SMARTS) is 1. The first-order valence-electron chi connectivity index (χ1n) is 5.44. The lowest BCUT2D eigenvalue weighted by Crippen LogP contribution is -2.16. The van der Waals surface area contributed by atoms with Crippen LogP contribution in [-0.2, 0) is 10.0 Å². The van der Waals surface area contributed by atoms with Crippen LogP contribution in [0.5, 0.6) is 0 Å². The molecule has 21 heavy (non-hydrogen) atoms. The van der Waals surface area contributed by atoms with Gasteiger partial charge in [-0.2, -0.15) is 0 Å². The molecule has 10 heteroatoms. The summed E-state index contributed by atoms with van der Waals surface area (Å²) in [7, 11) is -4.01. The lowest BCUT2D eigenvalue weighted by molar-refractivity contribution is 0.0697. The Hall–Kier alpha value is -2.39. The number of carboxylic acids is 1. The van der Waals surface area contributed by atoms with Crippen LogP contribution in [0.1, 0.15) is 10.4 Å². The first-order chi connectivity index (χ1) is 9.79. The van der Waals surface area contributed by atoms with E-state index in [2.05, 4.69) is 14.9 Å². The number of nitrogen functional groups attached to an aromatic ring is 1. The van der Waals surface area contributed by atoms with Gasteiger partial charge in [0.15, 0.2) is 11.0 Å². The number of aromatic nitrogens is 2. The van der Waals surface area contributed by atoms with E-state index in [0.29, 0.717) is 0 Å². The quantitative estimate of drug-likeness (QED) is 0.718. The molecule has 1 heterocycles. The lowest BCUT2D eigenvalue weighted by atomic mass is 10.2. The van der Waals surface area contributed by atoms with Gasteiger partial charge in [-0.15, -0.1) is 10.2 Å². The highest BCUT2D eigenvalue weighted by molar-refractivity contribution is 7.92. The van der Waals surface area contributed by atoms with Gasteiger partial charge in [-0.05, 0) is 30.3 Å². The van der Waals surface area contributed by atoms with Crippen molar-refractivity contribution in [1.29, 1.82) is 0 Å². The van der Waals surface area contributed by atoms with Gasteiger partial charge < -0.3 is 10.8 Å². The van der Waals surface area contributed by atoms with Crippen LogP contribution in [0.15, 0.2) is 35.2 Å². The Kier molecular flexibility index (Phi) is 3.96. The summed E-state index contributed by atoms with van der Waals surface area (Å²) in [5, 5.41) is 16.0. The van der Waals surface area contributed by atoms with Crippen LogP contribution in [0.3, 0.4) is 0 Å². The van der Waals surface area contributed by atoms with Crippen LogP contribution >= 0.6 is 11.6 Å². The van der Waals surface area contributed by atoms with Gasteiger partial charge in [0, 0.05) is 0 Å². The standard InChI is InChI=1S/C11H9ClN4O4S/c12-9-3-4-10(15-14-9)16-21(19,20)8-2-1-6(11(17)18)5-7(8)13/h1-5H,13H2,(H,15,16)(H,17,18). The maximum absolute atomic E-state index is 12.1. The third-order valence-corrected chi connectivity index (χ3v) is 4.05. The number of nitrogens with two attached hydrogens (primary N) is 1. The largest absolute Gasteiger partial charge is 0.478 e. The molecule has 2 aromatic rings. The monoisotopic (exact) mass is 328 g/mol. The molecule has 0 aliphatic heterocycles. The molecule has 0 amide bonds. The summed E-state index contributed by atoms with van der Waals surface area (Å²) >= 11 is 5.55. The van der Waals surface area contributed by atoms with Crippen LogP contribution in [-0.4, -0.2) is 29.7 Å². The number of sulfonamides is 1. The van der Waals surface area contributed by atoms with Crippen LogP contribution in [0.25, 0.3) is 0 Å². The summed E-state index contributed by atoms with van der Waals surface area (Å²) < 4.78 is 26.5. The normalized spacial score (nSPS) is 11.1. The molecule has 1 aromatic heterocycles. The van der Waals surface area contributed by atoms with E-state index in [1.807, 2.05) is 0 Å². The van der Waals surface area contributed by atoms with Gasteiger partial charge >= 0.3 is 5.97 Å². The first-order valence-corrected chi connectivity index (χ1v) is 7.30. The Morgan fingerprint density at radius 2 is 1.95 bits per heavy atom. The number of halogens is 1. The Morgan fingerprint density at radius 1 is 1.24 bits per heavy atom. The molecule has 0 bridgehead atoms. The summed E-state index contributed by atoms with van der Waals surface area (Å²) in [6.07, 6.45) is 0. The molecule has 110 valence electrons. The van der Waals surface area contributed by atoms with Crippen molar-refractivity contribution in [3.8, 4) is 0 Å². The van der Waals surface area contributed by atoms with Gasteiger partial charge in [0.2, 0.25) is 0 Å². The second-order valence-electron chi connectivity index (χ2n) is 3.90. The van der Waals surface area contributed by atoms with Crippen molar-refractivity contribution in [3.63, 3.8) is 0 Å². The summed E-state index contributed by atoms with van der Waals surface area (Å²) in [5.41, 5.74) is 5.28. The molecule has 2 rings (SSSR count). The second kappa shape index (κ2) is 5.54. The lowest BCUT2D eigenvalue weighted by Gasteiger charge is -2.09. The van der Waals surface area contributed by atoms with Crippen molar-refractivity contribution in [2.45, 2.75) is 4.90 Å². The Morgan fingerprint density at radius 3 is 2.48 bits per heavy atom. The van der Waals surface area contributed by atoms with Crippen molar-refractivity contribution in [1.82, 2.24) is 10.2 Å². The van der Waals surface area contributed by atoms with E-state index in [1.165, 1.54) is 12.1 Å². The number of benzene rings is 1. The van der Waals surface area contributed by atoms with Gasteiger partial charge in [-0.1, -0.05) is 11.6 Å². The maximum Gasteiger partial charge on any atom is 0.335 e. The fourth-order valence-electron chi connectivity index (χ4n) is 1.49. The number of carbonyl (C=O) groups is 1. The van der Waals surface area contributed by atoms with E-state index in [9.17, 15) is 13.2 Å². The zero-order valence-corrected chi connectivity index (χ0v) is 11.9. The van der Waals surface area contributed by atoms with Crippen molar-refractivity contribution < 1.29 is 18.3 Å². The highest BCUT2D eigenvalue weighted by atomic mass is 35.5. The minimum Gasteiger partial charge on any atom is -0.478 e. The molecule has 0 fully saturated rings. The van der Waals surface area contributed by atoms with Crippen LogP contribution < -0.4 is 10.5 Å². The first kappa shape index (κ1) is 15.0. The highest BCUT2D eigenvalue weighted by Crippen LogP contribution is 2.22. The van der Waals surface area contributed by atoms with Gasteiger partial charge in [0.1, 0.15) is 4.90 Å². The molecule has 0 aliphatic rings. The Balaban J connectivity index is 2.35. The van der Waals surface area contributed by atoms with Crippen LogP contribution in [0.4, 0.5) is 11.5 Å². The summed E-state index contributed by atoms with van der Waals surface area (Å²) in [5.74, 6) is -1.25. The van der Waals surface area contributed by atoms with E-state index >= 15 is 0 Å². The Labute approximate surface area is 124 Å². The zero-order valence-electron chi connectivity index (χ0n) is 10.3. The molecule has 0 saturated carbocycles. The molecule has 0 saturated heterocycles. The van der Waals surface area contributed by atoms with Crippen molar-refractivity contribution in [2.24, 2.45) is 0 Å². The number of hydrogen-bond acceptors (Lipinski definition) is 6. The van der Waals surface area contributed by atoms with Crippen molar-refractivity contribution in [3.05, 3.63) is 41.0 Å². The number of nitrogens with one attached hydrogen (secondary N) is 1. The molecule has 0 aliphatic carbocycles. The zero-order chi connectivity index (χ0) is 15.6. The predicted molar refractivity (Wildman–Crippen MR) is 75.7 cm³/mol. The molecule has 0 atom stereocenters. The van der Waals surface area contributed by atoms with Crippen LogP contribution in [0.2, 0.25) is 5.15 Å². The number of aromatic carboxylic acids is 1. The van der Waals surface area contributed by atoms with E-state index in [1.54, 1.807) is 0 Å². The second-order valence-corrected chi connectivity index (χ2v) is 5.94. The fourth-order valence-corrected chi connectivity index (χ4v) is 2.70. The molecule has 0 radical (unpaired) electrons. The number of rotatable bonds is 4. The minimum absolute atomic E-state index is 0.0406. The SMILES string of the molecule is Nc1cc(C(=O)O)ccc1S(=O)(=O)Nc1ccc(Cl)nn1. The molecule has 0 spiro atoms. The van der Waals surface area contributed by atoms with Crippen LogP contribution in [0, 0.1) is 0 Å². The van der Waals surface area contributed by atoms with Crippen molar-refractivity contribution >= 4 is 39.1 Å². The average Bonchev–Trinajstić information content (AvgIpc) is 2.40.